The molecule has 2 atom stereocenters. The molecule has 5 nitrogen and oxygen atoms in total. The predicted octanol–water partition coefficient (Wildman–Crippen LogP) is 1.43. The maximum atomic E-state index is 11.5. The van der Waals surface area contributed by atoms with Crippen molar-refractivity contribution in [3.63, 3.8) is 0 Å². The van der Waals surface area contributed by atoms with Gasteiger partial charge in [0, 0.05) is 0 Å². The smallest absolute Gasteiger partial charge is 0.334 e. The number of esters is 2. The van der Waals surface area contributed by atoms with E-state index >= 15 is 0 Å². The van der Waals surface area contributed by atoms with Crippen molar-refractivity contribution in [3.8, 4) is 0 Å². The van der Waals surface area contributed by atoms with Gasteiger partial charge in [-0.05, 0) is 19.4 Å². The van der Waals surface area contributed by atoms with Gasteiger partial charge in [-0.1, -0.05) is 30.3 Å². The Balaban J connectivity index is 2.29. The number of benzene rings is 1. The van der Waals surface area contributed by atoms with Crippen molar-refractivity contribution in [1.29, 1.82) is 0 Å². The first kappa shape index (κ1) is 15.2. The van der Waals surface area contributed by atoms with Crippen LogP contribution >= 0.6 is 0 Å². The molecule has 0 unspecified atom stereocenters. The van der Waals surface area contributed by atoms with E-state index < -0.39 is 24.1 Å². The fraction of sp³-hybridized carbons (Fsp3) is 0.429. The van der Waals surface area contributed by atoms with E-state index in [1.807, 2.05) is 30.3 Å². The molecule has 1 rings (SSSR count). The first-order valence-electron chi connectivity index (χ1n) is 6.07. The number of rotatable bonds is 6. The van der Waals surface area contributed by atoms with Crippen LogP contribution in [0.5, 0.6) is 0 Å². The van der Waals surface area contributed by atoms with Gasteiger partial charge in [0.15, 0.2) is 0 Å². The Morgan fingerprint density at radius 3 is 2.42 bits per heavy atom. The zero-order valence-electron chi connectivity index (χ0n) is 11.0. The van der Waals surface area contributed by atoms with Crippen LogP contribution in [0.25, 0.3) is 0 Å². The van der Waals surface area contributed by atoms with Crippen LogP contribution in [0.1, 0.15) is 25.8 Å². The maximum Gasteiger partial charge on any atom is 0.334 e. The van der Waals surface area contributed by atoms with Crippen LogP contribution in [0.2, 0.25) is 0 Å². The molecule has 0 radical (unpaired) electrons. The summed E-state index contributed by atoms with van der Waals surface area (Å²) in [5, 5.41) is 8.97. The molecule has 0 bridgehead atoms. The van der Waals surface area contributed by atoms with Crippen LogP contribution in [0.3, 0.4) is 0 Å². The number of aliphatic hydroxyl groups is 1. The largest absolute Gasteiger partial charge is 0.461 e. The minimum Gasteiger partial charge on any atom is -0.461 e. The summed E-state index contributed by atoms with van der Waals surface area (Å²) in [5.74, 6) is -1.20. The van der Waals surface area contributed by atoms with Crippen LogP contribution in [0.15, 0.2) is 30.3 Å². The van der Waals surface area contributed by atoms with Crippen LogP contribution < -0.4 is 0 Å². The van der Waals surface area contributed by atoms with Gasteiger partial charge in [0.05, 0.1) is 6.42 Å². The number of hydrogen-bond donors (Lipinski definition) is 1. The molecule has 0 aromatic heterocycles. The zero-order chi connectivity index (χ0) is 14.3. The van der Waals surface area contributed by atoms with Crippen molar-refractivity contribution in [2.45, 2.75) is 39.1 Å². The Morgan fingerprint density at radius 2 is 1.84 bits per heavy atom. The van der Waals surface area contributed by atoms with Crippen molar-refractivity contribution in [1.82, 2.24) is 0 Å². The number of aliphatic hydroxyl groups excluding tert-OH is 1. The lowest BCUT2D eigenvalue weighted by Crippen LogP contribution is -2.26. The summed E-state index contributed by atoms with van der Waals surface area (Å²) in [4.78, 5) is 22.6. The maximum absolute atomic E-state index is 11.5. The van der Waals surface area contributed by atoms with Gasteiger partial charge in [-0.2, -0.15) is 0 Å². The van der Waals surface area contributed by atoms with Crippen molar-refractivity contribution >= 4 is 11.9 Å². The van der Waals surface area contributed by atoms with E-state index in [0.717, 1.165) is 5.56 Å². The highest BCUT2D eigenvalue weighted by atomic mass is 16.6. The Labute approximate surface area is 112 Å². The Kier molecular flexibility index (Phi) is 6.02. The van der Waals surface area contributed by atoms with E-state index in [2.05, 4.69) is 0 Å². The molecule has 0 amide bonds. The SMILES string of the molecule is C[C@H](O)C(=O)O[C@@H](C)CC(=O)OCc1ccccc1. The molecule has 5 heteroatoms. The molecule has 19 heavy (non-hydrogen) atoms. The zero-order valence-corrected chi connectivity index (χ0v) is 11.0. The average molecular weight is 266 g/mol. The molecule has 0 saturated carbocycles. The normalized spacial score (nSPS) is 13.4. The lowest BCUT2D eigenvalue weighted by molar-refractivity contribution is -0.161. The second-order valence-electron chi connectivity index (χ2n) is 4.27. The highest BCUT2D eigenvalue weighted by Crippen LogP contribution is 2.05. The summed E-state index contributed by atoms with van der Waals surface area (Å²) in [6, 6.07) is 9.30. The standard InChI is InChI=1S/C14H18O5/c1-10(19-14(17)11(2)15)8-13(16)18-9-12-6-4-3-5-7-12/h3-7,10-11,15H,8-9H2,1-2H3/t10-,11-/m0/s1. The molecular weight excluding hydrogens is 248 g/mol. The van der Waals surface area contributed by atoms with Crippen LogP contribution in [0, 0.1) is 0 Å². The molecule has 104 valence electrons. The third-order valence-corrected chi connectivity index (χ3v) is 2.36. The molecule has 1 N–H and O–H groups in total. The minimum atomic E-state index is -1.19. The molecule has 1 aromatic carbocycles. The van der Waals surface area contributed by atoms with Gasteiger partial charge in [-0.25, -0.2) is 4.79 Å². The van der Waals surface area contributed by atoms with Gasteiger partial charge in [0.25, 0.3) is 0 Å². The summed E-state index contributed by atoms with van der Waals surface area (Å²) in [5.41, 5.74) is 0.893. The van der Waals surface area contributed by atoms with Crippen LogP contribution in [-0.4, -0.2) is 29.3 Å². The van der Waals surface area contributed by atoms with E-state index in [1.165, 1.54) is 6.92 Å². The minimum absolute atomic E-state index is 0.0364. The van der Waals surface area contributed by atoms with Crippen LogP contribution in [0.4, 0.5) is 0 Å². The predicted molar refractivity (Wildman–Crippen MR) is 68.1 cm³/mol. The number of ether oxygens (including phenoxy) is 2. The summed E-state index contributed by atoms with van der Waals surface area (Å²) in [6.07, 6.45) is -1.85. The van der Waals surface area contributed by atoms with Crippen molar-refractivity contribution in [2.24, 2.45) is 0 Å². The van der Waals surface area contributed by atoms with Gasteiger partial charge in [-0.3, -0.25) is 4.79 Å². The molecule has 0 aliphatic rings. The second kappa shape index (κ2) is 7.53. The lowest BCUT2D eigenvalue weighted by Gasteiger charge is -2.13. The number of carbonyl (C=O) groups is 2. The molecule has 0 aliphatic carbocycles. The first-order valence-corrected chi connectivity index (χ1v) is 6.07. The second-order valence-corrected chi connectivity index (χ2v) is 4.27. The highest BCUT2D eigenvalue weighted by Gasteiger charge is 2.17. The molecule has 0 spiro atoms. The van der Waals surface area contributed by atoms with Gasteiger partial charge >= 0.3 is 11.9 Å². The molecule has 0 saturated heterocycles. The molecule has 1 aromatic rings. The Morgan fingerprint density at radius 1 is 1.21 bits per heavy atom. The average Bonchev–Trinajstić information content (AvgIpc) is 2.37. The third-order valence-electron chi connectivity index (χ3n) is 2.36. The third kappa shape index (κ3) is 6.01. The van der Waals surface area contributed by atoms with Gasteiger partial charge in [-0.15, -0.1) is 0 Å². The molecule has 0 heterocycles. The quantitative estimate of drug-likeness (QED) is 0.789. The van der Waals surface area contributed by atoms with E-state index in [1.54, 1.807) is 6.92 Å². The Hall–Kier alpha value is -1.88. The molecule has 0 fully saturated rings. The van der Waals surface area contributed by atoms with E-state index in [9.17, 15) is 9.59 Å². The van der Waals surface area contributed by atoms with E-state index in [4.69, 9.17) is 14.6 Å². The van der Waals surface area contributed by atoms with Gasteiger partial charge in [0.2, 0.25) is 0 Å². The summed E-state index contributed by atoms with van der Waals surface area (Å²) < 4.78 is 9.89. The fourth-order valence-corrected chi connectivity index (χ4v) is 1.37. The number of hydrogen-bond acceptors (Lipinski definition) is 5. The van der Waals surface area contributed by atoms with Crippen molar-refractivity contribution < 1.29 is 24.2 Å². The summed E-state index contributed by atoms with van der Waals surface area (Å²) in [6.45, 7) is 3.07. The lowest BCUT2D eigenvalue weighted by atomic mass is 10.2. The fourth-order valence-electron chi connectivity index (χ4n) is 1.37. The Bertz CT molecular complexity index is 413. The highest BCUT2D eigenvalue weighted by molar-refractivity contribution is 5.75. The van der Waals surface area contributed by atoms with Gasteiger partial charge < -0.3 is 14.6 Å². The van der Waals surface area contributed by atoms with Gasteiger partial charge in [0.1, 0.15) is 18.8 Å². The van der Waals surface area contributed by atoms with Crippen LogP contribution in [-0.2, 0) is 25.7 Å². The van der Waals surface area contributed by atoms with E-state index in [0.29, 0.717) is 0 Å². The van der Waals surface area contributed by atoms with E-state index in [-0.39, 0.29) is 13.0 Å². The first-order chi connectivity index (χ1) is 8.99. The topological polar surface area (TPSA) is 72.8 Å². The van der Waals surface area contributed by atoms with Crippen molar-refractivity contribution in [2.75, 3.05) is 0 Å². The number of carbonyl (C=O) groups excluding carboxylic acids is 2. The molecular formula is C14H18O5. The summed E-state index contributed by atoms with van der Waals surface area (Å²) in [7, 11) is 0. The monoisotopic (exact) mass is 266 g/mol. The summed E-state index contributed by atoms with van der Waals surface area (Å²) >= 11 is 0. The molecule has 0 aliphatic heterocycles. The van der Waals surface area contributed by atoms with Crippen molar-refractivity contribution in [3.05, 3.63) is 35.9 Å².